The number of aromatic amines is 1. The van der Waals surface area contributed by atoms with Crippen LogP contribution in [0, 0.1) is 0 Å². The third kappa shape index (κ3) is 3.24. The van der Waals surface area contributed by atoms with Crippen LogP contribution in [0.5, 0.6) is 17.2 Å². The standard InChI is InChI=1S/C21H21N3O4/c25-19(12-13-7-8-16-18(11-13)27-10-9-26-16)22-21-20-15(23-24-21)5-2-6-17(20)28-14-3-1-4-14/h2,5-8,11,14H,1,3-4,9-10,12H2,(H2,22,23,24,25). The Hall–Kier alpha value is -3.22. The van der Waals surface area contributed by atoms with Gasteiger partial charge in [-0.15, -0.1) is 0 Å². The van der Waals surface area contributed by atoms with E-state index in [1.807, 2.05) is 36.4 Å². The fraction of sp³-hybridized carbons (Fsp3) is 0.333. The minimum absolute atomic E-state index is 0.150. The highest BCUT2D eigenvalue weighted by Crippen LogP contribution is 2.34. The molecule has 0 unspecified atom stereocenters. The number of nitrogens with one attached hydrogen (secondary N) is 2. The fourth-order valence-corrected chi connectivity index (χ4v) is 3.46. The third-order valence-corrected chi connectivity index (χ3v) is 5.13. The van der Waals surface area contributed by atoms with E-state index in [1.165, 1.54) is 6.42 Å². The van der Waals surface area contributed by atoms with E-state index in [2.05, 4.69) is 15.5 Å². The lowest BCUT2D eigenvalue weighted by molar-refractivity contribution is -0.115. The Labute approximate surface area is 162 Å². The van der Waals surface area contributed by atoms with Gasteiger partial charge in [0.1, 0.15) is 19.0 Å². The van der Waals surface area contributed by atoms with Gasteiger partial charge in [-0.05, 0) is 49.1 Å². The number of nitrogens with zero attached hydrogens (tertiary/aromatic N) is 1. The molecule has 0 spiro atoms. The van der Waals surface area contributed by atoms with Crippen LogP contribution < -0.4 is 19.5 Å². The first-order valence-electron chi connectivity index (χ1n) is 9.58. The van der Waals surface area contributed by atoms with Crippen molar-refractivity contribution in [2.24, 2.45) is 0 Å². The number of fused-ring (bicyclic) bond motifs is 2. The van der Waals surface area contributed by atoms with Crippen LogP contribution in [0.1, 0.15) is 24.8 Å². The molecule has 1 aliphatic heterocycles. The van der Waals surface area contributed by atoms with Gasteiger partial charge < -0.3 is 19.5 Å². The molecule has 0 saturated heterocycles. The monoisotopic (exact) mass is 379 g/mol. The van der Waals surface area contributed by atoms with E-state index in [0.717, 1.165) is 35.1 Å². The predicted octanol–water partition coefficient (Wildman–Crippen LogP) is 3.45. The maximum Gasteiger partial charge on any atom is 0.230 e. The Morgan fingerprint density at radius 1 is 1.18 bits per heavy atom. The van der Waals surface area contributed by atoms with Crippen molar-refractivity contribution in [1.29, 1.82) is 0 Å². The van der Waals surface area contributed by atoms with Crippen molar-refractivity contribution in [2.75, 3.05) is 18.5 Å². The Balaban J connectivity index is 1.34. The molecule has 5 rings (SSSR count). The van der Waals surface area contributed by atoms with Gasteiger partial charge in [-0.3, -0.25) is 9.89 Å². The van der Waals surface area contributed by atoms with Crippen LogP contribution in [0.25, 0.3) is 10.9 Å². The summed E-state index contributed by atoms with van der Waals surface area (Å²) in [5, 5.41) is 11.0. The lowest BCUT2D eigenvalue weighted by Gasteiger charge is -2.26. The summed E-state index contributed by atoms with van der Waals surface area (Å²) >= 11 is 0. The number of ether oxygens (including phenoxy) is 3. The predicted molar refractivity (Wildman–Crippen MR) is 104 cm³/mol. The van der Waals surface area contributed by atoms with E-state index in [-0.39, 0.29) is 18.4 Å². The van der Waals surface area contributed by atoms with E-state index >= 15 is 0 Å². The highest BCUT2D eigenvalue weighted by molar-refractivity contribution is 6.03. The number of benzene rings is 2. The number of aromatic nitrogens is 2. The Kier molecular flexibility index (Phi) is 4.27. The maximum absolute atomic E-state index is 12.6. The molecular weight excluding hydrogens is 358 g/mol. The average molecular weight is 379 g/mol. The van der Waals surface area contributed by atoms with E-state index in [4.69, 9.17) is 14.2 Å². The Morgan fingerprint density at radius 2 is 2.04 bits per heavy atom. The maximum atomic E-state index is 12.6. The van der Waals surface area contributed by atoms with Crippen LogP contribution in [0.3, 0.4) is 0 Å². The van der Waals surface area contributed by atoms with Crippen molar-refractivity contribution in [3.8, 4) is 17.2 Å². The molecule has 7 heteroatoms. The van der Waals surface area contributed by atoms with Crippen LogP contribution in [0.15, 0.2) is 36.4 Å². The number of anilines is 1. The molecule has 1 aliphatic carbocycles. The molecule has 1 saturated carbocycles. The molecule has 1 amide bonds. The summed E-state index contributed by atoms with van der Waals surface area (Å²) in [4.78, 5) is 12.6. The molecule has 28 heavy (non-hydrogen) atoms. The Morgan fingerprint density at radius 3 is 2.86 bits per heavy atom. The molecule has 0 radical (unpaired) electrons. The average Bonchev–Trinajstić information content (AvgIpc) is 3.08. The van der Waals surface area contributed by atoms with Gasteiger partial charge >= 0.3 is 0 Å². The Bertz CT molecular complexity index is 1030. The van der Waals surface area contributed by atoms with E-state index < -0.39 is 0 Å². The SMILES string of the molecule is O=C(Cc1ccc2c(c1)OCCO2)Nc1n[nH]c2cccc(OC3CCC3)c12. The lowest BCUT2D eigenvalue weighted by atomic mass is 9.96. The van der Waals surface area contributed by atoms with E-state index in [0.29, 0.717) is 30.5 Å². The topological polar surface area (TPSA) is 85.5 Å². The van der Waals surface area contributed by atoms with Crippen molar-refractivity contribution in [3.05, 3.63) is 42.0 Å². The second-order valence-electron chi connectivity index (χ2n) is 7.12. The minimum Gasteiger partial charge on any atom is -0.490 e. The molecule has 2 aromatic carbocycles. The van der Waals surface area contributed by atoms with Crippen molar-refractivity contribution >= 4 is 22.6 Å². The van der Waals surface area contributed by atoms with Gasteiger partial charge in [-0.2, -0.15) is 5.10 Å². The number of hydrogen-bond donors (Lipinski definition) is 2. The molecule has 0 bridgehead atoms. The quantitative estimate of drug-likeness (QED) is 0.709. The molecule has 144 valence electrons. The zero-order valence-electron chi connectivity index (χ0n) is 15.4. The van der Waals surface area contributed by atoms with Gasteiger partial charge in [0.05, 0.1) is 23.4 Å². The normalized spacial score (nSPS) is 15.9. The van der Waals surface area contributed by atoms with Crippen LogP contribution in [-0.2, 0) is 11.2 Å². The van der Waals surface area contributed by atoms with Crippen LogP contribution in [0.2, 0.25) is 0 Å². The van der Waals surface area contributed by atoms with Crippen molar-refractivity contribution in [2.45, 2.75) is 31.8 Å². The fourth-order valence-electron chi connectivity index (χ4n) is 3.46. The van der Waals surface area contributed by atoms with E-state index in [9.17, 15) is 4.79 Å². The number of H-pyrrole nitrogens is 1. The highest BCUT2D eigenvalue weighted by atomic mass is 16.6. The molecule has 2 aliphatic rings. The number of amides is 1. The molecule has 1 fully saturated rings. The molecule has 2 heterocycles. The summed E-state index contributed by atoms with van der Waals surface area (Å²) in [7, 11) is 0. The summed E-state index contributed by atoms with van der Waals surface area (Å²) in [5.41, 5.74) is 1.69. The number of carbonyl (C=O) groups excluding carboxylic acids is 1. The zero-order valence-corrected chi connectivity index (χ0v) is 15.4. The summed E-state index contributed by atoms with van der Waals surface area (Å²) < 4.78 is 17.2. The zero-order chi connectivity index (χ0) is 18.9. The minimum atomic E-state index is -0.150. The summed E-state index contributed by atoms with van der Waals surface area (Å²) in [6, 6.07) is 11.3. The molecule has 1 aromatic heterocycles. The number of hydrogen-bond acceptors (Lipinski definition) is 5. The van der Waals surface area contributed by atoms with Crippen molar-refractivity contribution in [3.63, 3.8) is 0 Å². The summed E-state index contributed by atoms with van der Waals surface area (Å²) in [6.45, 7) is 1.07. The van der Waals surface area contributed by atoms with E-state index in [1.54, 1.807) is 0 Å². The second kappa shape index (κ2) is 7.07. The largest absolute Gasteiger partial charge is 0.490 e. The molecule has 7 nitrogen and oxygen atoms in total. The first-order chi connectivity index (χ1) is 13.8. The summed E-state index contributed by atoms with van der Waals surface area (Å²) in [6.07, 6.45) is 3.81. The van der Waals surface area contributed by atoms with Crippen molar-refractivity contribution < 1.29 is 19.0 Å². The first-order valence-corrected chi connectivity index (χ1v) is 9.58. The van der Waals surface area contributed by atoms with Gasteiger partial charge in [-0.25, -0.2) is 0 Å². The number of rotatable bonds is 5. The van der Waals surface area contributed by atoms with Crippen LogP contribution in [-0.4, -0.2) is 35.4 Å². The smallest absolute Gasteiger partial charge is 0.230 e. The number of carbonyl (C=O) groups is 1. The van der Waals surface area contributed by atoms with Crippen LogP contribution >= 0.6 is 0 Å². The van der Waals surface area contributed by atoms with Gasteiger partial charge in [0.15, 0.2) is 17.3 Å². The van der Waals surface area contributed by atoms with Gasteiger partial charge in [0, 0.05) is 0 Å². The molecule has 0 atom stereocenters. The highest BCUT2D eigenvalue weighted by Gasteiger charge is 2.22. The van der Waals surface area contributed by atoms with Crippen LogP contribution in [0.4, 0.5) is 5.82 Å². The van der Waals surface area contributed by atoms with Gasteiger partial charge in [0.2, 0.25) is 5.91 Å². The van der Waals surface area contributed by atoms with Gasteiger partial charge in [-0.1, -0.05) is 12.1 Å². The molecular formula is C21H21N3O4. The third-order valence-electron chi connectivity index (χ3n) is 5.13. The first kappa shape index (κ1) is 16.9. The molecule has 3 aromatic rings. The summed E-state index contributed by atoms with van der Waals surface area (Å²) in [5.74, 6) is 2.49. The lowest BCUT2D eigenvalue weighted by Crippen LogP contribution is -2.24. The van der Waals surface area contributed by atoms with Gasteiger partial charge in [0.25, 0.3) is 0 Å². The molecule has 2 N–H and O–H groups in total. The van der Waals surface area contributed by atoms with Crippen molar-refractivity contribution in [1.82, 2.24) is 10.2 Å². The second-order valence-corrected chi connectivity index (χ2v) is 7.12.